The van der Waals surface area contributed by atoms with E-state index in [9.17, 15) is 4.79 Å². The molecule has 24 heavy (non-hydrogen) atoms. The fraction of sp³-hybridized carbons (Fsp3) is 0.684. The van der Waals surface area contributed by atoms with Crippen molar-refractivity contribution in [3.8, 4) is 0 Å². The first kappa shape index (κ1) is 17.2. The van der Waals surface area contributed by atoms with Gasteiger partial charge in [-0.05, 0) is 56.7 Å². The third-order valence-corrected chi connectivity index (χ3v) is 5.33. The minimum Gasteiger partial charge on any atom is -0.370 e. The number of nitrogens with one attached hydrogen (secondary N) is 1. The number of hydrogen-bond donors (Lipinski definition) is 1. The normalized spacial score (nSPS) is 22.8. The third-order valence-electron chi connectivity index (χ3n) is 5.33. The van der Waals surface area contributed by atoms with Crippen molar-refractivity contribution in [2.45, 2.75) is 33.1 Å². The van der Waals surface area contributed by atoms with E-state index in [1.54, 1.807) is 0 Å². The van der Waals surface area contributed by atoms with Crippen LogP contribution in [-0.4, -0.2) is 60.0 Å². The van der Waals surface area contributed by atoms with E-state index in [0.717, 1.165) is 69.4 Å². The van der Waals surface area contributed by atoms with Gasteiger partial charge < -0.3 is 10.2 Å². The highest BCUT2D eigenvalue weighted by molar-refractivity contribution is 5.78. The Labute approximate surface area is 145 Å². The van der Waals surface area contributed by atoms with Crippen LogP contribution in [0.4, 0.5) is 5.82 Å². The van der Waals surface area contributed by atoms with Crippen molar-refractivity contribution >= 4 is 11.7 Å². The second-order valence-corrected chi connectivity index (χ2v) is 7.50. The first-order valence-electron chi connectivity index (χ1n) is 9.28. The highest BCUT2D eigenvalue weighted by Crippen LogP contribution is 2.19. The Balaban J connectivity index is 1.40. The van der Waals surface area contributed by atoms with Gasteiger partial charge in [0.15, 0.2) is 0 Å². The van der Waals surface area contributed by atoms with Crippen LogP contribution in [0.1, 0.15) is 31.9 Å². The van der Waals surface area contributed by atoms with Crippen molar-refractivity contribution in [1.29, 1.82) is 0 Å². The topological polar surface area (TPSA) is 48.5 Å². The molecule has 5 nitrogen and oxygen atoms in total. The largest absolute Gasteiger partial charge is 0.370 e. The predicted octanol–water partition coefficient (Wildman–Crippen LogP) is 2.38. The van der Waals surface area contributed by atoms with Crippen molar-refractivity contribution in [2.75, 3.05) is 44.6 Å². The Morgan fingerprint density at radius 1 is 1.25 bits per heavy atom. The zero-order valence-corrected chi connectivity index (χ0v) is 15.0. The van der Waals surface area contributed by atoms with Crippen LogP contribution in [0.3, 0.4) is 0 Å². The van der Waals surface area contributed by atoms with Gasteiger partial charge in [0.2, 0.25) is 5.91 Å². The van der Waals surface area contributed by atoms with Gasteiger partial charge in [-0.25, -0.2) is 4.98 Å². The number of carbonyl (C=O) groups excluding carboxylic acids is 1. The second kappa shape index (κ2) is 7.97. The monoisotopic (exact) mass is 330 g/mol. The summed E-state index contributed by atoms with van der Waals surface area (Å²) >= 11 is 0. The molecule has 1 amide bonds. The third kappa shape index (κ3) is 4.69. The zero-order valence-electron chi connectivity index (χ0n) is 15.0. The number of anilines is 1. The average Bonchev–Trinajstić information content (AvgIpc) is 3.01. The highest BCUT2D eigenvalue weighted by Gasteiger charge is 2.27. The summed E-state index contributed by atoms with van der Waals surface area (Å²) in [6.07, 6.45) is 3.46. The molecule has 1 aromatic heterocycles. The molecule has 2 aliphatic heterocycles. The summed E-state index contributed by atoms with van der Waals surface area (Å²) in [5, 5.41) is 3.44. The Morgan fingerprint density at radius 2 is 2.04 bits per heavy atom. The van der Waals surface area contributed by atoms with Crippen LogP contribution in [0.15, 0.2) is 18.2 Å². The summed E-state index contributed by atoms with van der Waals surface area (Å²) in [4.78, 5) is 21.3. The summed E-state index contributed by atoms with van der Waals surface area (Å²) < 4.78 is 0. The molecule has 5 heteroatoms. The van der Waals surface area contributed by atoms with Crippen molar-refractivity contribution in [1.82, 2.24) is 14.8 Å². The molecule has 0 aromatic carbocycles. The van der Waals surface area contributed by atoms with Crippen molar-refractivity contribution in [3.63, 3.8) is 0 Å². The molecular weight excluding hydrogens is 300 g/mol. The SMILES string of the molecule is Cc1cccc(NCC2CCN(CC(=O)N3CCC(C)CC3)C2)n1. The summed E-state index contributed by atoms with van der Waals surface area (Å²) in [5.41, 5.74) is 1.04. The van der Waals surface area contributed by atoms with Crippen LogP contribution >= 0.6 is 0 Å². The number of hydrogen-bond acceptors (Lipinski definition) is 4. The van der Waals surface area contributed by atoms with Crippen LogP contribution in [0, 0.1) is 18.8 Å². The number of likely N-dealkylation sites (tertiary alicyclic amines) is 2. The number of piperidine rings is 1. The fourth-order valence-electron chi connectivity index (χ4n) is 3.66. The van der Waals surface area contributed by atoms with Crippen LogP contribution < -0.4 is 5.32 Å². The van der Waals surface area contributed by atoms with Crippen molar-refractivity contribution in [3.05, 3.63) is 23.9 Å². The minimum atomic E-state index is 0.316. The van der Waals surface area contributed by atoms with E-state index in [1.807, 2.05) is 25.1 Å². The number of carbonyl (C=O) groups is 1. The number of amides is 1. The molecule has 2 fully saturated rings. The van der Waals surface area contributed by atoms with Crippen LogP contribution in [-0.2, 0) is 4.79 Å². The molecule has 0 aliphatic carbocycles. The number of rotatable bonds is 5. The first-order chi connectivity index (χ1) is 11.6. The Hall–Kier alpha value is -1.62. The molecule has 2 saturated heterocycles. The lowest BCUT2D eigenvalue weighted by Crippen LogP contribution is -2.43. The van der Waals surface area contributed by atoms with Crippen molar-refractivity contribution < 1.29 is 4.79 Å². The molecule has 3 rings (SSSR count). The number of aryl methyl sites for hydroxylation is 1. The van der Waals surface area contributed by atoms with Gasteiger partial charge in [-0.3, -0.25) is 9.69 Å². The van der Waals surface area contributed by atoms with Gasteiger partial charge in [0.1, 0.15) is 5.82 Å². The maximum atomic E-state index is 12.4. The number of pyridine rings is 1. The summed E-state index contributed by atoms with van der Waals surface area (Å²) in [5.74, 6) is 2.64. The quantitative estimate of drug-likeness (QED) is 0.900. The molecule has 1 unspecified atom stereocenters. The van der Waals surface area contributed by atoms with E-state index < -0.39 is 0 Å². The molecule has 3 heterocycles. The van der Waals surface area contributed by atoms with E-state index in [2.05, 4.69) is 27.0 Å². The lowest BCUT2D eigenvalue weighted by molar-refractivity contribution is -0.133. The van der Waals surface area contributed by atoms with E-state index >= 15 is 0 Å². The summed E-state index contributed by atoms with van der Waals surface area (Å²) in [7, 11) is 0. The zero-order chi connectivity index (χ0) is 16.9. The van der Waals surface area contributed by atoms with E-state index in [0.29, 0.717) is 18.4 Å². The Morgan fingerprint density at radius 3 is 2.79 bits per heavy atom. The highest BCUT2D eigenvalue weighted by atomic mass is 16.2. The molecule has 132 valence electrons. The molecule has 0 spiro atoms. The standard InChI is InChI=1S/C19H30N4O/c1-15-6-10-23(11-7-15)19(24)14-22-9-8-17(13-22)12-20-18-5-3-4-16(2)21-18/h3-5,15,17H,6-14H2,1-2H3,(H,20,21). The van der Waals surface area contributed by atoms with Gasteiger partial charge >= 0.3 is 0 Å². The lowest BCUT2D eigenvalue weighted by atomic mass is 9.99. The van der Waals surface area contributed by atoms with Gasteiger partial charge in [-0.15, -0.1) is 0 Å². The maximum absolute atomic E-state index is 12.4. The van der Waals surface area contributed by atoms with Gasteiger partial charge in [0, 0.05) is 31.9 Å². The lowest BCUT2D eigenvalue weighted by Gasteiger charge is -2.31. The molecule has 0 bridgehead atoms. The molecule has 0 radical (unpaired) electrons. The summed E-state index contributed by atoms with van der Waals surface area (Å²) in [6, 6.07) is 6.06. The smallest absolute Gasteiger partial charge is 0.236 e. The van der Waals surface area contributed by atoms with Gasteiger partial charge in [0.05, 0.1) is 6.54 Å². The number of nitrogens with zero attached hydrogens (tertiary/aromatic N) is 3. The predicted molar refractivity (Wildman–Crippen MR) is 97.0 cm³/mol. The molecule has 1 N–H and O–H groups in total. The molecule has 0 saturated carbocycles. The second-order valence-electron chi connectivity index (χ2n) is 7.50. The van der Waals surface area contributed by atoms with Crippen LogP contribution in [0.5, 0.6) is 0 Å². The average molecular weight is 330 g/mol. The van der Waals surface area contributed by atoms with E-state index in [-0.39, 0.29) is 0 Å². The summed E-state index contributed by atoms with van der Waals surface area (Å²) in [6.45, 7) is 9.74. The van der Waals surface area contributed by atoms with E-state index in [1.165, 1.54) is 0 Å². The molecule has 1 atom stereocenters. The van der Waals surface area contributed by atoms with E-state index in [4.69, 9.17) is 0 Å². The van der Waals surface area contributed by atoms with Crippen LogP contribution in [0.25, 0.3) is 0 Å². The minimum absolute atomic E-state index is 0.316. The van der Waals surface area contributed by atoms with Gasteiger partial charge in [-0.2, -0.15) is 0 Å². The molecular formula is C19H30N4O. The number of aromatic nitrogens is 1. The van der Waals surface area contributed by atoms with Gasteiger partial charge in [-0.1, -0.05) is 13.0 Å². The van der Waals surface area contributed by atoms with Crippen LogP contribution in [0.2, 0.25) is 0 Å². The first-order valence-corrected chi connectivity index (χ1v) is 9.28. The van der Waals surface area contributed by atoms with Gasteiger partial charge in [0.25, 0.3) is 0 Å². The Kier molecular flexibility index (Phi) is 5.72. The van der Waals surface area contributed by atoms with Crippen molar-refractivity contribution in [2.24, 2.45) is 11.8 Å². The molecule has 2 aliphatic rings. The fourth-order valence-corrected chi connectivity index (χ4v) is 3.66. The molecule has 1 aromatic rings. The Bertz CT molecular complexity index is 554. The maximum Gasteiger partial charge on any atom is 0.236 e.